The average Bonchev–Trinajstić information content (AvgIpc) is 1.86. The third-order valence-corrected chi connectivity index (χ3v) is 2.18. The molecule has 2 heteroatoms. The molecule has 0 aromatic rings. The lowest BCUT2D eigenvalue weighted by molar-refractivity contribution is -0.00401. The SMILES string of the molecule is [2H]C([2H])([2H])N(C1CN(C(C)(C)C)C1)C([2H])([2H])[2H]. The molecular weight excluding hydrogens is 136 g/mol. The van der Waals surface area contributed by atoms with Gasteiger partial charge >= 0.3 is 0 Å². The molecule has 1 fully saturated rings. The monoisotopic (exact) mass is 162 g/mol. The van der Waals surface area contributed by atoms with Gasteiger partial charge in [-0.3, -0.25) is 4.90 Å². The van der Waals surface area contributed by atoms with Gasteiger partial charge in [-0.1, -0.05) is 0 Å². The van der Waals surface area contributed by atoms with Gasteiger partial charge in [0.25, 0.3) is 0 Å². The molecule has 0 saturated carbocycles. The molecule has 0 amide bonds. The summed E-state index contributed by atoms with van der Waals surface area (Å²) in [4.78, 5) is 2.75. The van der Waals surface area contributed by atoms with Crippen molar-refractivity contribution in [2.45, 2.75) is 32.4 Å². The van der Waals surface area contributed by atoms with Crippen LogP contribution in [0.2, 0.25) is 0 Å². The van der Waals surface area contributed by atoms with Crippen molar-refractivity contribution in [1.29, 1.82) is 0 Å². The molecule has 1 aliphatic rings. The zero-order valence-corrected chi connectivity index (χ0v) is 7.39. The quantitative estimate of drug-likeness (QED) is 0.568. The zero-order chi connectivity index (χ0) is 13.6. The normalized spacial score (nSPS) is 32.7. The number of likely N-dealkylation sites (tertiary alicyclic amines) is 1. The zero-order valence-electron chi connectivity index (χ0n) is 13.4. The summed E-state index contributed by atoms with van der Waals surface area (Å²) in [5.74, 6) is 0. The third kappa shape index (κ3) is 1.94. The minimum Gasteiger partial charge on any atom is -0.304 e. The van der Waals surface area contributed by atoms with Gasteiger partial charge in [0.15, 0.2) is 0 Å². The summed E-state index contributed by atoms with van der Waals surface area (Å²) in [5.41, 5.74) is -0.0499. The van der Waals surface area contributed by atoms with E-state index in [1.54, 1.807) is 0 Å². The van der Waals surface area contributed by atoms with Gasteiger partial charge in [-0.2, -0.15) is 0 Å². The Bertz CT molecular complexity index is 257. The minimum atomic E-state index is -2.57. The molecule has 0 N–H and O–H groups in total. The van der Waals surface area contributed by atoms with E-state index in [1.165, 1.54) is 0 Å². The molecule has 0 atom stereocenters. The molecule has 0 spiro atoms. The van der Waals surface area contributed by atoms with Crippen LogP contribution in [0.4, 0.5) is 0 Å². The number of likely N-dealkylation sites (N-methyl/N-ethyl adjacent to an activating group) is 1. The van der Waals surface area contributed by atoms with E-state index >= 15 is 0 Å². The Kier molecular flexibility index (Phi) is 0.941. The maximum Gasteiger partial charge on any atom is 0.0394 e. The van der Waals surface area contributed by atoms with Crippen LogP contribution < -0.4 is 0 Å². The van der Waals surface area contributed by atoms with E-state index in [2.05, 4.69) is 4.90 Å². The second-order valence-corrected chi connectivity index (χ2v) is 4.10. The second kappa shape index (κ2) is 2.76. The summed E-state index contributed by atoms with van der Waals surface area (Å²) in [6, 6.07) is -0.422. The smallest absolute Gasteiger partial charge is 0.0394 e. The molecule has 0 aromatic heterocycles. The van der Waals surface area contributed by atoms with Crippen molar-refractivity contribution in [1.82, 2.24) is 9.80 Å². The first-order valence-corrected chi connectivity index (χ1v) is 3.88. The van der Waals surface area contributed by atoms with Gasteiger partial charge in [-0.15, -0.1) is 0 Å². The first-order chi connectivity index (χ1) is 7.33. The van der Waals surface area contributed by atoms with Crippen LogP contribution in [0.3, 0.4) is 0 Å². The van der Waals surface area contributed by atoms with E-state index < -0.39 is 20.0 Å². The summed E-state index contributed by atoms with van der Waals surface area (Å²) in [5, 5.41) is 0. The number of hydrogen-bond acceptors (Lipinski definition) is 2. The first-order valence-electron chi connectivity index (χ1n) is 6.88. The highest BCUT2D eigenvalue weighted by Crippen LogP contribution is 2.22. The summed E-state index contributed by atoms with van der Waals surface area (Å²) in [6.45, 7) is 1.91. The molecule has 1 rings (SSSR count). The van der Waals surface area contributed by atoms with Gasteiger partial charge in [0, 0.05) is 32.9 Å². The van der Waals surface area contributed by atoms with Crippen LogP contribution >= 0.6 is 0 Å². The van der Waals surface area contributed by atoms with Gasteiger partial charge in [-0.25, -0.2) is 0 Å². The van der Waals surface area contributed by atoms with Crippen molar-refractivity contribution >= 4 is 0 Å². The van der Waals surface area contributed by atoms with Gasteiger partial charge in [0.05, 0.1) is 0 Å². The Balaban J connectivity index is 2.73. The van der Waals surface area contributed by atoms with Gasteiger partial charge in [-0.05, 0) is 34.7 Å². The fourth-order valence-electron chi connectivity index (χ4n) is 1.17. The van der Waals surface area contributed by atoms with Crippen LogP contribution in [0.5, 0.6) is 0 Å². The van der Waals surface area contributed by atoms with Gasteiger partial charge in [0.1, 0.15) is 0 Å². The molecule has 0 unspecified atom stereocenters. The van der Waals surface area contributed by atoms with E-state index in [0.29, 0.717) is 18.0 Å². The molecular formula is C9H20N2. The number of nitrogens with zero attached hydrogens (tertiary/aromatic N) is 2. The molecule has 66 valence electrons. The fraction of sp³-hybridized carbons (Fsp3) is 1.00. The Morgan fingerprint density at radius 3 is 2.27 bits per heavy atom. The van der Waals surface area contributed by atoms with Crippen molar-refractivity contribution in [2.24, 2.45) is 0 Å². The summed E-state index contributed by atoms with van der Waals surface area (Å²) in [6.07, 6.45) is 0. The van der Waals surface area contributed by atoms with Crippen molar-refractivity contribution in [2.75, 3.05) is 27.0 Å². The lowest BCUT2D eigenvalue weighted by Gasteiger charge is -2.49. The largest absolute Gasteiger partial charge is 0.304 e. The molecule has 0 aliphatic carbocycles. The molecule has 1 aliphatic heterocycles. The maximum absolute atomic E-state index is 7.31. The van der Waals surface area contributed by atoms with Crippen molar-refractivity contribution in [3.05, 3.63) is 0 Å². The number of hydrogen-bond donors (Lipinski definition) is 0. The van der Waals surface area contributed by atoms with Crippen molar-refractivity contribution < 1.29 is 8.22 Å². The Morgan fingerprint density at radius 1 is 1.36 bits per heavy atom. The van der Waals surface area contributed by atoms with Crippen molar-refractivity contribution in [3.8, 4) is 0 Å². The van der Waals surface area contributed by atoms with Crippen LogP contribution in [0.1, 0.15) is 29.0 Å². The third-order valence-electron chi connectivity index (χ3n) is 2.18. The Hall–Kier alpha value is -0.0800. The lowest BCUT2D eigenvalue weighted by Crippen LogP contribution is -2.63. The second-order valence-electron chi connectivity index (χ2n) is 4.10. The van der Waals surface area contributed by atoms with Crippen LogP contribution in [0.15, 0.2) is 0 Å². The average molecular weight is 162 g/mol. The summed E-state index contributed by atoms with van der Waals surface area (Å²) < 4.78 is 43.9. The van der Waals surface area contributed by atoms with Crippen LogP contribution in [-0.2, 0) is 0 Å². The maximum atomic E-state index is 7.31. The fourth-order valence-corrected chi connectivity index (χ4v) is 1.17. The predicted molar refractivity (Wildman–Crippen MR) is 48.8 cm³/mol. The molecule has 1 heterocycles. The Morgan fingerprint density at radius 2 is 1.91 bits per heavy atom. The molecule has 0 radical (unpaired) electrons. The van der Waals surface area contributed by atoms with Crippen molar-refractivity contribution in [3.63, 3.8) is 0 Å². The van der Waals surface area contributed by atoms with E-state index in [4.69, 9.17) is 8.22 Å². The van der Waals surface area contributed by atoms with E-state index in [0.717, 1.165) is 0 Å². The number of rotatable bonds is 1. The topological polar surface area (TPSA) is 6.48 Å². The minimum absolute atomic E-state index is 0.0499. The molecule has 0 aromatic carbocycles. The molecule has 11 heavy (non-hydrogen) atoms. The van der Waals surface area contributed by atoms with E-state index in [-0.39, 0.29) is 5.54 Å². The van der Waals surface area contributed by atoms with Crippen LogP contribution in [0, 0.1) is 0 Å². The lowest BCUT2D eigenvalue weighted by atomic mass is 9.97. The predicted octanol–water partition coefficient (Wildman–Crippen LogP) is 1.03. The standard InChI is InChI=1S/C9H20N2/c1-9(2,3)11-6-8(7-11)10(4)5/h8H,6-7H2,1-5H3/i4D3,5D3. The summed E-state index contributed by atoms with van der Waals surface area (Å²) >= 11 is 0. The van der Waals surface area contributed by atoms with Gasteiger partial charge in [0.2, 0.25) is 0 Å². The van der Waals surface area contributed by atoms with E-state index in [1.807, 2.05) is 20.8 Å². The van der Waals surface area contributed by atoms with Gasteiger partial charge < -0.3 is 4.90 Å². The van der Waals surface area contributed by atoms with E-state index in [9.17, 15) is 0 Å². The first kappa shape index (κ1) is 3.75. The highest BCUT2D eigenvalue weighted by molar-refractivity contribution is 4.92. The van der Waals surface area contributed by atoms with Crippen LogP contribution in [0.25, 0.3) is 0 Å². The highest BCUT2D eigenvalue weighted by atomic mass is 15.3. The highest BCUT2D eigenvalue weighted by Gasteiger charge is 2.34. The Labute approximate surface area is 78.6 Å². The molecule has 1 saturated heterocycles. The van der Waals surface area contributed by atoms with Crippen LogP contribution in [-0.4, -0.2) is 48.4 Å². The molecule has 0 bridgehead atoms. The summed E-state index contributed by atoms with van der Waals surface area (Å²) in [7, 11) is 0. The molecule has 2 nitrogen and oxygen atoms in total.